The second-order valence-electron chi connectivity index (χ2n) is 9.02. The van der Waals surface area contributed by atoms with Crippen LogP contribution in [-0.4, -0.2) is 34.2 Å². The van der Waals surface area contributed by atoms with E-state index in [2.05, 4.69) is 5.10 Å². The normalized spacial score (nSPS) is 18.0. The molecule has 1 amide bonds. The molecular weight excluding hydrogens is 519 g/mol. The second-order valence-corrected chi connectivity index (χ2v) is 9.02. The molecule has 38 heavy (non-hydrogen) atoms. The van der Waals surface area contributed by atoms with Crippen molar-refractivity contribution in [3.05, 3.63) is 82.3 Å². The van der Waals surface area contributed by atoms with Crippen LogP contribution in [0.25, 0.3) is 0 Å². The number of rotatable bonds is 6. The molecule has 2 heterocycles. The minimum atomic E-state index is -4.69. The molecule has 0 aliphatic carbocycles. The Morgan fingerprint density at radius 2 is 1.68 bits per heavy atom. The van der Waals surface area contributed by atoms with E-state index in [1.165, 1.54) is 25.1 Å². The summed E-state index contributed by atoms with van der Waals surface area (Å²) in [6, 6.07) is 8.75. The molecule has 0 bridgehead atoms. The summed E-state index contributed by atoms with van der Waals surface area (Å²) >= 11 is 0. The number of anilines is 1. The number of carbonyl (C=O) groups excluding carboxylic acids is 2. The molecule has 2 aromatic carbocycles. The maximum Gasteiger partial charge on any atom is 0.416 e. The van der Waals surface area contributed by atoms with E-state index in [9.17, 15) is 40.3 Å². The number of carbonyl (C=O) groups is 2. The fourth-order valence-electron chi connectivity index (χ4n) is 4.93. The molecule has 0 fully saturated rings. The SMILES string of the molecule is CCN1C(=O)[C@@H](CC(=O)c2cccc(C(F)(F)F)c2)[C@@H](c2ccc(F)cc2)c2c(C)nn(CC(F)(F)F)c21. The number of hydrogen-bond acceptors (Lipinski definition) is 3. The smallest absolute Gasteiger partial charge is 0.297 e. The van der Waals surface area contributed by atoms with Crippen LogP contribution >= 0.6 is 0 Å². The summed E-state index contributed by atoms with van der Waals surface area (Å²) in [5.41, 5.74) is -0.489. The van der Waals surface area contributed by atoms with Crippen molar-refractivity contribution in [3.63, 3.8) is 0 Å². The molecule has 1 aliphatic rings. The molecule has 3 aromatic rings. The number of Topliss-reactive ketones (excluding diaryl/α,β-unsaturated/α-hetero) is 1. The van der Waals surface area contributed by atoms with Crippen LogP contribution < -0.4 is 4.90 Å². The molecular formula is C26H22F7N3O2. The topological polar surface area (TPSA) is 55.2 Å². The fourth-order valence-corrected chi connectivity index (χ4v) is 4.93. The molecule has 1 aromatic heterocycles. The van der Waals surface area contributed by atoms with Crippen LogP contribution in [-0.2, 0) is 17.5 Å². The Morgan fingerprint density at radius 1 is 1.03 bits per heavy atom. The monoisotopic (exact) mass is 541 g/mol. The molecule has 4 rings (SSSR count). The van der Waals surface area contributed by atoms with Crippen molar-refractivity contribution >= 4 is 17.5 Å². The number of nitrogens with zero attached hydrogens (tertiary/aromatic N) is 3. The molecule has 0 spiro atoms. The number of halogens is 7. The predicted octanol–water partition coefficient (Wildman–Crippen LogP) is 6.30. The number of hydrogen-bond donors (Lipinski definition) is 0. The zero-order valence-electron chi connectivity index (χ0n) is 20.2. The Balaban J connectivity index is 1.84. The lowest BCUT2D eigenvalue weighted by Gasteiger charge is -2.38. The van der Waals surface area contributed by atoms with Gasteiger partial charge in [-0.05, 0) is 43.7 Å². The van der Waals surface area contributed by atoms with Crippen molar-refractivity contribution in [2.75, 3.05) is 11.4 Å². The van der Waals surface area contributed by atoms with Gasteiger partial charge in [0.05, 0.1) is 17.2 Å². The van der Waals surface area contributed by atoms with Crippen molar-refractivity contribution in [1.82, 2.24) is 9.78 Å². The van der Waals surface area contributed by atoms with Crippen molar-refractivity contribution in [2.45, 2.75) is 45.1 Å². The molecule has 0 radical (unpaired) electrons. The lowest BCUT2D eigenvalue weighted by molar-refractivity contribution is -0.142. The molecule has 202 valence electrons. The van der Waals surface area contributed by atoms with E-state index in [-0.39, 0.29) is 29.2 Å². The average molecular weight is 541 g/mol. The van der Waals surface area contributed by atoms with Gasteiger partial charge < -0.3 is 0 Å². The quantitative estimate of drug-likeness (QED) is 0.272. The lowest BCUT2D eigenvalue weighted by Crippen LogP contribution is -2.45. The van der Waals surface area contributed by atoms with Crippen LogP contribution in [0.15, 0.2) is 48.5 Å². The minimum absolute atomic E-state index is 0.0424. The molecule has 2 atom stereocenters. The van der Waals surface area contributed by atoms with Crippen LogP contribution in [0.5, 0.6) is 0 Å². The van der Waals surface area contributed by atoms with E-state index in [1.807, 2.05) is 0 Å². The second kappa shape index (κ2) is 9.88. The summed E-state index contributed by atoms with van der Waals surface area (Å²) in [6.07, 6.45) is -9.86. The highest BCUT2D eigenvalue weighted by Crippen LogP contribution is 2.47. The molecule has 0 unspecified atom stereocenters. The van der Waals surface area contributed by atoms with Gasteiger partial charge in [-0.2, -0.15) is 31.4 Å². The van der Waals surface area contributed by atoms with E-state index in [0.29, 0.717) is 16.3 Å². The van der Waals surface area contributed by atoms with Crippen molar-refractivity contribution in [3.8, 4) is 0 Å². The van der Waals surface area contributed by atoms with Gasteiger partial charge in [-0.25, -0.2) is 9.07 Å². The van der Waals surface area contributed by atoms with E-state index in [1.54, 1.807) is 6.92 Å². The summed E-state index contributed by atoms with van der Waals surface area (Å²) < 4.78 is 94.0. The summed E-state index contributed by atoms with van der Waals surface area (Å²) in [5.74, 6) is -4.27. The molecule has 0 saturated carbocycles. The van der Waals surface area contributed by atoms with Crippen molar-refractivity contribution < 1.29 is 40.3 Å². The van der Waals surface area contributed by atoms with Crippen LogP contribution in [0.4, 0.5) is 36.6 Å². The van der Waals surface area contributed by atoms with E-state index < -0.39 is 60.2 Å². The first kappa shape index (κ1) is 27.3. The summed E-state index contributed by atoms with van der Waals surface area (Å²) in [5, 5.41) is 4.03. The van der Waals surface area contributed by atoms with Gasteiger partial charge in [0, 0.05) is 30.0 Å². The van der Waals surface area contributed by atoms with Gasteiger partial charge in [-0.1, -0.05) is 24.3 Å². The van der Waals surface area contributed by atoms with E-state index in [0.717, 1.165) is 29.2 Å². The van der Waals surface area contributed by atoms with Crippen LogP contribution in [0, 0.1) is 18.7 Å². The first-order valence-corrected chi connectivity index (χ1v) is 11.6. The molecule has 5 nitrogen and oxygen atoms in total. The van der Waals surface area contributed by atoms with E-state index in [4.69, 9.17) is 0 Å². The molecule has 0 N–H and O–H groups in total. The zero-order valence-corrected chi connectivity index (χ0v) is 20.2. The van der Waals surface area contributed by atoms with E-state index >= 15 is 0 Å². The largest absolute Gasteiger partial charge is 0.416 e. The number of alkyl halides is 6. The summed E-state index contributed by atoms with van der Waals surface area (Å²) in [4.78, 5) is 28.0. The van der Waals surface area contributed by atoms with Gasteiger partial charge >= 0.3 is 12.4 Å². The van der Waals surface area contributed by atoms with Gasteiger partial charge in [0.25, 0.3) is 0 Å². The number of benzene rings is 2. The Morgan fingerprint density at radius 3 is 2.26 bits per heavy atom. The Kier molecular flexibility index (Phi) is 7.11. The number of amides is 1. The maximum atomic E-state index is 13.7. The summed E-state index contributed by atoms with van der Waals surface area (Å²) in [6.45, 7) is 1.51. The number of aromatic nitrogens is 2. The van der Waals surface area contributed by atoms with Gasteiger partial charge in [0.1, 0.15) is 18.2 Å². The molecule has 0 saturated heterocycles. The van der Waals surface area contributed by atoms with Gasteiger partial charge in [0.2, 0.25) is 5.91 Å². The van der Waals surface area contributed by atoms with Crippen LogP contribution in [0.2, 0.25) is 0 Å². The summed E-state index contributed by atoms with van der Waals surface area (Å²) in [7, 11) is 0. The van der Waals surface area contributed by atoms with Crippen LogP contribution in [0.3, 0.4) is 0 Å². The maximum absolute atomic E-state index is 13.7. The Labute approximate surface area is 212 Å². The number of aryl methyl sites for hydroxylation is 1. The molecule has 1 aliphatic heterocycles. The highest BCUT2D eigenvalue weighted by Gasteiger charge is 2.46. The first-order valence-electron chi connectivity index (χ1n) is 11.6. The number of ketones is 1. The van der Waals surface area contributed by atoms with Gasteiger partial charge in [-0.3, -0.25) is 14.5 Å². The van der Waals surface area contributed by atoms with Crippen molar-refractivity contribution in [2.24, 2.45) is 5.92 Å². The van der Waals surface area contributed by atoms with Crippen LogP contribution in [0.1, 0.15) is 52.0 Å². The first-order chi connectivity index (χ1) is 17.7. The standard InChI is InChI=1S/C26H22F7N3O2/c1-3-35-23-21(14(2)34-36(23)13-25(28,29)30)22(15-7-9-18(27)10-8-15)19(24(35)38)12-20(37)16-5-4-6-17(11-16)26(31,32)33/h4-11,19,22H,3,12-13H2,1-2H3/t19-,22+/m0/s1. The predicted molar refractivity (Wildman–Crippen MR) is 123 cm³/mol. The van der Waals surface area contributed by atoms with Crippen molar-refractivity contribution in [1.29, 1.82) is 0 Å². The minimum Gasteiger partial charge on any atom is -0.297 e. The third kappa shape index (κ3) is 5.30. The van der Waals surface area contributed by atoms with Gasteiger partial charge in [-0.15, -0.1) is 0 Å². The fraction of sp³-hybridized carbons (Fsp3) is 0.346. The van der Waals surface area contributed by atoms with Gasteiger partial charge in [0.15, 0.2) is 5.78 Å². The third-order valence-electron chi connectivity index (χ3n) is 6.49. The third-order valence-corrected chi connectivity index (χ3v) is 6.49. The Bertz CT molecular complexity index is 1360. The molecule has 12 heteroatoms. The highest BCUT2D eigenvalue weighted by atomic mass is 19.4. The Hall–Kier alpha value is -3.70. The average Bonchev–Trinajstić information content (AvgIpc) is 3.13. The zero-order chi connectivity index (χ0) is 28.0. The number of fused-ring (bicyclic) bond motifs is 1. The lowest BCUT2D eigenvalue weighted by atomic mass is 9.74. The highest BCUT2D eigenvalue weighted by molar-refractivity contribution is 6.04.